The lowest BCUT2D eigenvalue weighted by Gasteiger charge is -2.16. The zero-order valence-electron chi connectivity index (χ0n) is 15.1. The molecule has 2 N–H and O–H groups in total. The summed E-state index contributed by atoms with van der Waals surface area (Å²) in [6.45, 7) is 0.0165. The van der Waals surface area contributed by atoms with Gasteiger partial charge in [-0.2, -0.15) is 0 Å². The van der Waals surface area contributed by atoms with Gasteiger partial charge >= 0.3 is 0 Å². The Hall–Kier alpha value is -2.24. The average molecular weight is 348 g/mol. The lowest BCUT2D eigenvalue weighted by Crippen LogP contribution is -2.42. The molecule has 1 aliphatic carbocycles. The SMILES string of the molecule is COc1ccc(CC(=O)NCC(=O)NC2CCCCCC2)cc1OC. The van der Waals surface area contributed by atoms with Gasteiger partial charge in [-0.3, -0.25) is 9.59 Å². The second-order valence-corrected chi connectivity index (χ2v) is 6.40. The first-order valence-corrected chi connectivity index (χ1v) is 8.89. The van der Waals surface area contributed by atoms with Crippen LogP contribution in [0.4, 0.5) is 0 Å². The molecule has 0 aromatic heterocycles. The molecule has 2 rings (SSSR count). The third-order valence-corrected chi connectivity index (χ3v) is 4.48. The molecule has 0 unspecified atom stereocenters. The van der Waals surface area contributed by atoms with Crippen LogP contribution in [-0.4, -0.2) is 38.6 Å². The summed E-state index contributed by atoms with van der Waals surface area (Å²) < 4.78 is 10.4. The van der Waals surface area contributed by atoms with E-state index in [4.69, 9.17) is 9.47 Å². The number of carbonyl (C=O) groups is 2. The summed E-state index contributed by atoms with van der Waals surface area (Å²) in [7, 11) is 3.12. The Bertz CT molecular complexity index is 581. The minimum atomic E-state index is -0.191. The summed E-state index contributed by atoms with van der Waals surface area (Å²) in [6.07, 6.45) is 7.07. The summed E-state index contributed by atoms with van der Waals surface area (Å²) in [5, 5.41) is 5.70. The zero-order valence-corrected chi connectivity index (χ0v) is 15.1. The van der Waals surface area contributed by atoms with Gasteiger partial charge in [-0.25, -0.2) is 0 Å². The first kappa shape index (κ1) is 19.1. The van der Waals surface area contributed by atoms with E-state index in [9.17, 15) is 9.59 Å². The number of rotatable bonds is 7. The lowest BCUT2D eigenvalue weighted by atomic mass is 10.1. The van der Waals surface area contributed by atoms with Gasteiger partial charge in [0.15, 0.2) is 11.5 Å². The molecule has 0 atom stereocenters. The van der Waals surface area contributed by atoms with E-state index in [1.807, 2.05) is 6.07 Å². The van der Waals surface area contributed by atoms with Crippen molar-refractivity contribution < 1.29 is 19.1 Å². The van der Waals surface area contributed by atoms with Crippen molar-refractivity contribution >= 4 is 11.8 Å². The third-order valence-electron chi connectivity index (χ3n) is 4.48. The summed E-state index contributed by atoms with van der Waals surface area (Å²) in [4.78, 5) is 24.1. The normalized spacial score (nSPS) is 15.1. The highest BCUT2D eigenvalue weighted by atomic mass is 16.5. The van der Waals surface area contributed by atoms with Gasteiger partial charge in [-0.05, 0) is 30.5 Å². The summed E-state index contributed by atoms with van der Waals surface area (Å²) in [6, 6.07) is 5.59. The molecular weight excluding hydrogens is 320 g/mol. The molecule has 1 saturated carbocycles. The van der Waals surface area contributed by atoms with Crippen molar-refractivity contribution in [2.75, 3.05) is 20.8 Å². The summed E-state index contributed by atoms with van der Waals surface area (Å²) in [5.74, 6) is 0.893. The van der Waals surface area contributed by atoms with Crippen LogP contribution in [0.2, 0.25) is 0 Å². The number of nitrogens with one attached hydrogen (secondary N) is 2. The quantitative estimate of drug-likeness (QED) is 0.741. The van der Waals surface area contributed by atoms with Crippen LogP contribution in [0, 0.1) is 0 Å². The number of methoxy groups -OCH3 is 2. The second-order valence-electron chi connectivity index (χ2n) is 6.40. The van der Waals surface area contributed by atoms with Crippen molar-refractivity contribution in [1.29, 1.82) is 0 Å². The summed E-state index contributed by atoms with van der Waals surface area (Å²) in [5.41, 5.74) is 0.805. The van der Waals surface area contributed by atoms with Gasteiger partial charge in [0.1, 0.15) is 0 Å². The molecule has 138 valence electrons. The Morgan fingerprint density at radius 1 is 1.00 bits per heavy atom. The van der Waals surface area contributed by atoms with Crippen molar-refractivity contribution in [3.05, 3.63) is 23.8 Å². The highest BCUT2D eigenvalue weighted by Crippen LogP contribution is 2.27. The maximum absolute atomic E-state index is 12.1. The van der Waals surface area contributed by atoms with Gasteiger partial charge in [0.2, 0.25) is 11.8 Å². The van der Waals surface area contributed by atoms with Crippen LogP contribution in [0.1, 0.15) is 44.1 Å². The number of ether oxygens (including phenoxy) is 2. The second kappa shape index (κ2) is 9.91. The molecule has 1 aliphatic rings. The standard InChI is InChI=1S/C19H28N2O4/c1-24-16-10-9-14(11-17(16)25-2)12-18(22)20-13-19(23)21-15-7-5-3-4-6-8-15/h9-11,15H,3-8,12-13H2,1-2H3,(H,20,22)(H,21,23). The van der Waals surface area contributed by atoms with Gasteiger partial charge in [0.25, 0.3) is 0 Å². The Morgan fingerprint density at radius 3 is 2.32 bits per heavy atom. The maximum atomic E-state index is 12.1. The lowest BCUT2D eigenvalue weighted by molar-refractivity contribution is -0.126. The fraction of sp³-hybridized carbons (Fsp3) is 0.579. The van der Waals surface area contributed by atoms with E-state index in [1.165, 1.54) is 12.8 Å². The average Bonchev–Trinajstić information content (AvgIpc) is 2.88. The van der Waals surface area contributed by atoms with E-state index in [0.29, 0.717) is 11.5 Å². The number of amides is 2. The molecule has 1 aromatic rings. The zero-order chi connectivity index (χ0) is 18.1. The van der Waals surface area contributed by atoms with Crippen molar-refractivity contribution in [3.8, 4) is 11.5 Å². The van der Waals surface area contributed by atoms with E-state index in [2.05, 4.69) is 10.6 Å². The van der Waals surface area contributed by atoms with E-state index in [0.717, 1.165) is 31.2 Å². The van der Waals surface area contributed by atoms with Crippen LogP contribution in [0.3, 0.4) is 0 Å². The third kappa shape index (κ3) is 6.29. The van der Waals surface area contributed by atoms with Crippen molar-refractivity contribution in [3.63, 3.8) is 0 Å². The Labute approximate surface area is 149 Å². The number of benzene rings is 1. The number of hydrogen-bond acceptors (Lipinski definition) is 4. The molecular formula is C19H28N2O4. The first-order chi connectivity index (χ1) is 12.1. The molecule has 0 bridgehead atoms. The van der Waals surface area contributed by atoms with Crippen LogP contribution in [0.5, 0.6) is 11.5 Å². The van der Waals surface area contributed by atoms with Crippen LogP contribution < -0.4 is 20.1 Å². The van der Waals surface area contributed by atoms with Gasteiger partial charge in [-0.1, -0.05) is 31.7 Å². The van der Waals surface area contributed by atoms with Crippen molar-refractivity contribution in [2.24, 2.45) is 0 Å². The van der Waals surface area contributed by atoms with E-state index < -0.39 is 0 Å². The number of carbonyl (C=O) groups excluding carboxylic acids is 2. The van der Waals surface area contributed by atoms with Crippen molar-refractivity contribution in [2.45, 2.75) is 51.0 Å². The Balaban J connectivity index is 1.77. The fourth-order valence-corrected chi connectivity index (χ4v) is 3.12. The predicted molar refractivity (Wildman–Crippen MR) is 95.9 cm³/mol. The first-order valence-electron chi connectivity index (χ1n) is 8.89. The topological polar surface area (TPSA) is 76.7 Å². The molecule has 1 fully saturated rings. The highest BCUT2D eigenvalue weighted by Gasteiger charge is 2.15. The largest absolute Gasteiger partial charge is 0.493 e. The van der Waals surface area contributed by atoms with Gasteiger partial charge < -0.3 is 20.1 Å². The van der Waals surface area contributed by atoms with Gasteiger partial charge in [-0.15, -0.1) is 0 Å². The van der Waals surface area contributed by atoms with Crippen LogP contribution in [0.25, 0.3) is 0 Å². The maximum Gasteiger partial charge on any atom is 0.239 e. The molecule has 0 radical (unpaired) electrons. The molecule has 6 heteroatoms. The fourth-order valence-electron chi connectivity index (χ4n) is 3.12. The molecule has 2 amide bonds. The van der Waals surface area contributed by atoms with Crippen LogP contribution >= 0.6 is 0 Å². The van der Waals surface area contributed by atoms with Gasteiger partial charge in [0.05, 0.1) is 27.2 Å². The molecule has 1 aromatic carbocycles. The predicted octanol–water partition coefficient (Wildman–Crippen LogP) is 2.20. The summed E-state index contributed by atoms with van der Waals surface area (Å²) >= 11 is 0. The smallest absolute Gasteiger partial charge is 0.239 e. The van der Waals surface area contributed by atoms with Crippen LogP contribution in [0.15, 0.2) is 18.2 Å². The Kier molecular flexibility index (Phi) is 7.57. The van der Waals surface area contributed by atoms with E-state index >= 15 is 0 Å². The molecule has 0 spiro atoms. The van der Waals surface area contributed by atoms with E-state index in [1.54, 1.807) is 26.4 Å². The minimum Gasteiger partial charge on any atom is -0.493 e. The Morgan fingerprint density at radius 2 is 1.68 bits per heavy atom. The molecule has 0 saturated heterocycles. The molecule has 0 heterocycles. The number of hydrogen-bond donors (Lipinski definition) is 2. The van der Waals surface area contributed by atoms with Crippen molar-refractivity contribution in [1.82, 2.24) is 10.6 Å². The molecule has 0 aliphatic heterocycles. The van der Waals surface area contributed by atoms with Gasteiger partial charge in [0, 0.05) is 6.04 Å². The highest BCUT2D eigenvalue weighted by molar-refractivity contribution is 5.85. The van der Waals surface area contributed by atoms with Crippen LogP contribution in [-0.2, 0) is 16.0 Å². The monoisotopic (exact) mass is 348 g/mol. The minimum absolute atomic E-state index is 0.0165. The molecule has 6 nitrogen and oxygen atoms in total. The molecule has 25 heavy (non-hydrogen) atoms. The van der Waals surface area contributed by atoms with E-state index in [-0.39, 0.29) is 30.8 Å².